The highest BCUT2D eigenvalue weighted by Crippen LogP contribution is 2.17. The molecule has 1 atom stereocenters. The molecule has 0 saturated heterocycles. The van der Waals surface area contributed by atoms with Gasteiger partial charge in [-0.05, 0) is 25.1 Å². The molecular formula is C16H14FN3O5. The van der Waals surface area contributed by atoms with E-state index < -0.39 is 28.7 Å². The highest BCUT2D eigenvalue weighted by molar-refractivity contribution is 5.96. The van der Waals surface area contributed by atoms with Crippen molar-refractivity contribution in [3.05, 3.63) is 70.0 Å². The first-order valence-corrected chi connectivity index (χ1v) is 7.14. The second kappa shape index (κ2) is 7.86. The molecule has 0 aliphatic heterocycles. The molecule has 0 bridgehead atoms. The third kappa shape index (κ3) is 4.74. The summed E-state index contributed by atoms with van der Waals surface area (Å²) in [5.41, 5.74) is 3.97. The Labute approximate surface area is 141 Å². The fraction of sp³-hybridized carbons (Fsp3) is 0.125. The Kier molecular flexibility index (Phi) is 5.62. The molecule has 0 heterocycles. The highest BCUT2D eigenvalue weighted by Gasteiger charge is 2.18. The Hall–Kier alpha value is -3.49. The van der Waals surface area contributed by atoms with Crippen LogP contribution in [0.4, 0.5) is 10.1 Å². The van der Waals surface area contributed by atoms with E-state index >= 15 is 0 Å². The summed E-state index contributed by atoms with van der Waals surface area (Å²) in [6, 6.07) is 10.6. The minimum atomic E-state index is -1.08. The van der Waals surface area contributed by atoms with Crippen LogP contribution in [0.15, 0.2) is 48.5 Å². The molecule has 2 aromatic carbocycles. The van der Waals surface area contributed by atoms with E-state index in [-0.39, 0.29) is 17.0 Å². The number of hydrogen-bond acceptors (Lipinski definition) is 5. The zero-order valence-electron chi connectivity index (χ0n) is 13.1. The molecule has 0 radical (unpaired) electrons. The van der Waals surface area contributed by atoms with E-state index in [1.807, 2.05) is 0 Å². The van der Waals surface area contributed by atoms with Crippen molar-refractivity contribution in [2.45, 2.75) is 13.0 Å². The summed E-state index contributed by atoms with van der Waals surface area (Å²) in [5.74, 6) is -2.19. The highest BCUT2D eigenvalue weighted by atomic mass is 19.1. The number of ether oxygens (including phenoxy) is 1. The number of rotatable bonds is 5. The van der Waals surface area contributed by atoms with Crippen LogP contribution >= 0.6 is 0 Å². The number of amides is 2. The topological polar surface area (TPSA) is 111 Å². The third-order valence-corrected chi connectivity index (χ3v) is 3.13. The van der Waals surface area contributed by atoms with Gasteiger partial charge in [0.15, 0.2) is 17.7 Å². The Bertz CT molecular complexity index is 812. The molecule has 0 unspecified atom stereocenters. The van der Waals surface area contributed by atoms with Gasteiger partial charge in [-0.2, -0.15) is 0 Å². The van der Waals surface area contributed by atoms with Gasteiger partial charge < -0.3 is 4.74 Å². The lowest BCUT2D eigenvalue weighted by atomic mass is 10.2. The average molecular weight is 347 g/mol. The van der Waals surface area contributed by atoms with Crippen LogP contribution in [-0.2, 0) is 4.79 Å². The third-order valence-electron chi connectivity index (χ3n) is 3.13. The number of hydrazine groups is 1. The van der Waals surface area contributed by atoms with Crippen molar-refractivity contribution in [3.8, 4) is 5.75 Å². The normalized spacial score (nSPS) is 11.3. The lowest BCUT2D eigenvalue weighted by molar-refractivity contribution is -0.384. The summed E-state index contributed by atoms with van der Waals surface area (Å²) in [6.45, 7) is 1.38. The zero-order chi connectivity index (χ0) is 18.4. The number of carbonyl (C=O) groups excluding carboxylic acids is 2. The van der Waals surface area contributed by atoms with E-state index in [4.69, 9.17) is 4.74 Å². The van der Waals surface area contributed by atoms with Gasteiger partial charge in [-0.25, -0.2) is 4.39 Å². The Morgan fingerprint density at radius 3 is 2.56 bits per heavy atom. The van der Waals surface area contributed by atoms with Crippen molar-refractivity contribution < 1.29 is 23.6 Å². The van der Waals surface area contributed by atoms with E-state index in [9.17, 15) is 24.1 Å². The summed E-state index contributed by atoms with van der Waals surface area (Å²) in [7, 11) is 0. The van der Waals surface area contributed by atoms with Crippen molar-refractivity contribution in [3.63, 3.8) is 0 Å². The molecular weight excluding hydrogens is 333 g/mol. The number of nitro benzene ring substituents is 1. The first-order chi connectivity index (χ1) is 11.9. The van der Waals surface area contributed by atoms with Crippen LogP contribution in [0, 0.1) is 15.9 Å². The molecule has 2 amide bonds. The molecule has 0 aromatic heterocycles. The number of non-ortho nitro benzene ring substituents is 1. The van der Waals surface area contributed by atoms with Crippen LogP contribution in [0.5, 0.6) is 5.75 Å². The minimum Gasteiger partial charge on any atom is -0.478 e. The van der Waals surface area contributed by atoms with Crippen LogP contribution in [-0.4, -0.2) is 22.8 Å². The van der Waals surface area contributed by atoms with Gasteiger partial charge in [-0.15, -0.1) is 0 Å². The van der Waals surface area contributed by atoms with E-state index in [0.717, 1.165) is 6.07 Å². The minimum absolute atomic E-state index is 0.00262. The SMILES string of the molecule is C[C@H](Oc1ccccc1F)C(=O)NNC(=O)c1cccc([N+](=O)[O-])c1. The molecule has 2 aromatic rings. The van der Waals surface area contributed by atoms with E-state index in [0.29, 0.717) is 0 Å². The number of nitro groups is 1. The molecule has 0 aliphatic rings. The second-order valence-electron chi connectivity index (χ2n) is 4.94. The Balaban J connectivity index is 1.92. The van der Waals surface area contributed by atoms with Gasteiger partial charge in [0.05, 0.1) is 4.92 Å². The fourth-order valence-corrected chi connectivity index (χ4v) is 1.84. The van der Waals surface area contributed by atoms with Crippen molar-refractivity contribution in [1.82, 2.24) is 10.9 Å². The number of nitrogens with zero attached hydrogens (tertiary/aromatic N) is 1. The van der Waals surface area contributed by atoms with Crippen LogP contribution in [0.3, 0.4) is 0 Å². The summed E-state index contributed by atoms with van der Waals surface area (Å²) in [5, 5.41) is 10.7. The predicted molar refractivity (Wildman–Crippen MR) is 85.2 cm³/mol. The number of nitrogens with one attached hydrogen (secondary N) is 2. The smallest absolute Gasteiger partial charge is 0.279 e. The Morgan fingerprint density at radius 2 is 1.88 bits per heavy atom. The van der Waals surface area contributed by atoms with E-state index in [2.05, 4.69) is 10.9 Å². The number of benzene rings is 2. The average Bonchev–Trinajstić information content (AvgIpc) is 2.61. The quantitative estimate of drug-likeness (QED) is 0.634. The number of para-hydroxylation sites is 1. The van der Waals surface area contributed by atoms with Gasteiger partial charge in [0.1, 0.15) is 0 Å². The summed E-state index contributed by atoms with van der Waals surface area (Å²) >= 11 is 0. The van der Waals surface area contributed by atoms with Gasteiger partial charge in [-0.1, -0.05) is 18.2 Å². The van der Waals surface area contributed by atoms with Crippen molar-refractivity contribution in [2.75, 3.05) is 0 Å². The number of halogens is 1. The molecule has 0 fully saturated rings. The molecule has 0 spiro atoms. The molecule has 2 rings (SSSR count). The summed E-state index contributed by atoms with van der Waals surface area (Å²) < 4.78 is 18.6. The summed E-state index contributed by atoms with van der Waals surface area (Å²) in [6.07, 6.45) is -1.08. The fourth-order valence-electron chi connectivity index (χ4n) is 1.84. The lowest BCUT2D eigenvalue weighted by Gasteiger charge is -2.15. The maximum Gasteiger partial charge on any atom is 0.279 e. The standard InChI is InChI=1S/C16H14FN3O5/c1-10(25-14-8-3-2-7-13(14)17)15(21)18-19-16(22)11-5-4-6-12(9-11)20(23)24/h2-10H,1H3,(H,18,21)(H,19,22)/t10-/m0/s1. The van der Waals surface area contributed by atoms with Crippen molar-refractivity contribution >= 4 is 17.5 Å². The molecule has 25 heavy (non-hydrogen) atoms. The maximum atomic E-state index is 13.5. The van der Waals surface area contributed by atoms with Gasteiger partial charge in [-0.3, -0.25) is 30.6 Å². The van der Waals surface area contributed by atoms with Crippen LogP contribution in [0.1, 0.15) is 17.3 Å². The van der Waals surface area contributed by atoms with Gasteiger partial charge in [0.25, 0.3) is 17.5 Å². The molecule has 130 valence electrons. The molecule has 0 aliphatic carbocycles. The van der Waals surface area contributed by atoms with Gasteiger partial charge in [0.2, 0.25) is 0 Å². The van der Waals surface area contributed by atoms with E-state index in [1.165, 1.54) is 43.3 Å². The van der Waals surface area contributed by atoms with Crippen molar-refractivity contribution in [1.29, 1.82) is 0 Å². The zero-order valence-corrected chi connectivity index (χ0v) is 13.1. The maximum absolute atomic E-state index is 13.5. The molecule has 0 saturated carbocycles. The molecule has 2 N–H and O–H groups in total. The lowest BCUT2D eigenvalue weighted by Crippen LogP contribution is -2.47. The van der Waals surface area contributed by atoms with Gasteiger partial charge in [0, 0.05) is 17.7 Å². The molecule has 9 heteroatoms. The number of carbonyl (C=O) groups is 2. The summed E-state index contributed by atoms with van der Waals surface area (Å²) in [4.78, 5) is 33.8. The Morgan fingerprint density at radius 1 is 1.16 bits per heavy atom. The van der Waals surface area contributed by atoms with Crippen LogP contribution in [0.25, 0.3) is 0 Å². The monoisotopic (exact) mass is 347 g/mol. The van der Waals surface area contributed by atoms with E-state index in [1.54, 1.807) is 6.07 Å². The number of hydrogen-bond donors (Lipinski definition) is 2. The first kappa shape index (κ1) is 17.9. The second-order valence-corrected chi connectivity index (χ2v) is 4.94. The van der Waals surface area contributed by atoms with Crippen LogP contribution in [0.2, 0.25) is 0 Å². The first-order valence-electron chi connectivity index (χ1n) is 7.14. The van der Waals surface area contributed by atoms with Crippen LogP contribution < -0.4 is 15.6 Å². The van der Waals surface area contributed by atoms with Crippen molar-refractivity contribution in [2.24, 2.45) is 0 Å². The predicted octanol–water partition coefficient (Wildman–Crippen LogP) is 1.96. The molecule has 8 nitrogen and oxygen atoms in total. The largest absolute Gasteiger partial charge is 0.478 e. The van der Waals surface area contributed by atoms with Gasteiger partial charge >= 0.3 is 0 Å².